The van der Waals surface area contributed by atoms with Crippen molar-refractivity contribution in [3.63, 3.8) is 0 Å². The van der Waals surface area contributed by atoms with Gasteiger partial charge in [0.05, 0.1) is 22.0 Å². The zero-order valence-corrected chi connectivity index (χ0v) is 19.2. The molecule has 0 saturated carbocycles. The third-order valence-corrected chi connectivity index (χ3v) is 5.74. The van der Waals surface area contributed by atoms with Gasteiger partial charge in [0.15, 0.2) is 5.13 Å². The molecular formula is C21H18BrClN2O3S. The van der Waals surface area contributed by atoms with Gasteiger partial charge in [-0.1, -0.05) is 39.7 Å². The molecule has 2 aromatic carbocycles. The summed E-state index contributed by atoms with van der Waals surface area (Å²) >= 11 is 11.0. The second kappa shape index (κ2) is 9.07. The van der Waals surface area contributed by atoms with E-state index in [1.807, 2.05) is 32.0 Å². The lowest BCUT2D eigenvalue weighted by Gasteiger charge is -2.22. The number of hydrogen-bond donors (Lipinski definition) is 0. The van der Waals surface area contributed by atoms with E-state index >= 15 is 0 Å². The van der Waals surface area contributed by atoms with Gasteiger partial charge in [-0.3, -0.25) is 9.69 Å². The van der Waals surface area contributed by atoms with E-state index in [0.29, 0.717) is 27.1 Å². The van der Waals surface area contributed by atoms with Crippen molar-refractivity contribution in [2.75, 3.05) is 4.90 Å². The smallest absolute Gasteiger partial charge is 0.338 e. The van der Waals surface area contributed by atoms with Crippen molar-refractivity contribution in [2.45, 2.75) is 27.4 Å². The zero-order chi connectivity index (χ0) is 21.1. The Balaban J connectivity index is 1.80. The number of thiazole rings is 1. The summed E-state index contributed by atoms with van der Waals surface area (Å²) in [6.45, 7) is 5.32. The van der Waals surface area contributed by atoms with Crippen molar-refractivity contribution < 1.29 is 14.3 Å². The van der Waals surface area contributed by atoms with Gasteiger partial charge in [0.2, 0.25) is 5.91 Å². The van der Waals surface area contributed by atoms with Gasteiger partial charge in [-0.05, 0) is 49.2 Å². The summed E-state index contributed by atoms with van der Waals surface area (Å²) in [5.74, 6) is -0.646. The van der Waals surface area contributed by atoms with Crippen LogP contribution in [0.4, 0.5) is 10.8 Å². The maximum absolute atomic E-state index is 12.4. The van der Waals surface area contributed by atoms with Crippen LogP contribution in [0.3, 0.4) is 0 Å². The average molecular weight is 494 g/mol. The highest BCUT2D eigenvalue weighted by Gasteiger charge is 2.23. The first kappa shape index (κ1) is 21.5. The molecule has 0 aliphatic rings. The third-order valence-electron chi connectivity index (χ3n) is 4.08. The Kier molecular flexibility index (Phi) is 6.72. The number of aromatic nitrogens is 1. The van der Waals surface area contributed by atoms with Gasteiger partial charge < -0.3 is 4.74 Å². The fourth-order valence-electron chi connectivity index (χ4n) is 2.88. The molecule has 1 amide bonds. The molecule has 3 rings (SSSR count). The summed E-state index contributed by atoms with van der Waals surface area (Å²) in [7, 11) is 0. The standard InChI is InChI=1S/C21H18BrClN2O3S/c1-12-7-13(2)19(18(23)8-12)25(14(3)26)21-24-17(11-29-21)10-28-20(27)15-5-4-6-16(22)9-15/h4-9,11H,10H2,1-3H3. The van der Waals surface area contributed by atoms with Crippen LogP contribution in [0.25, 0.3) is 0 Å². The first-order valence-corrected chi connectivity index (χ1v) is 10.8. The second-order valence-corrected chi connectivity index (χ2v) is 8.63. The van der Waals surface area contributed by atoms with Gasteiger partial charge in [-0.2, -0.15) is 0 Å². The van der Waals surface area contributed by atoms with E-state index in [-0.39, 0.29) is 12.5 Å². The van der Waals surface area contributed by atoms with Gasteiger partial charge in [0.25, 0.3) is 0 Å². The summed E-state index contributed by atoms with van der Waals surface area (Å²) in [6, 6.07) is 10.7. The quantitative estimate of drug-likeness (QED) is 0.396. The first-order valence-electron chi connectivity index (χ1n) is 8.71. The van der Waals surface area contributed by atoms with Gasteiger partial charge in [-0.15, -0.1) is 11.3 Å². The molecule has 0 radical (unpaired) electrons. The Bertz CT molecular complexity index is 1060. The molecule has 5 nitrogen and oxygen atoms in total. The van der Waals surface area contributed by atoms with E-state index in [0.717, 1.165) is 15.6 Å². The Morgan fingerprint density at radius 1 is 1.24 bits per heavy atom. The molecule has 0 spiro atoms. The normalized spacial score (nSPS) is 10.7. The number of anilines is 2. The number of hydrogen-bond acceptors (Lipinski definition) is 5. The van der Waals surface area contributed by atoms with E-state index in [9.17, 15) is 9.59 Å². The minimum atomic E-state index is -0.443. The van der Waals surface area contributed by atoms with Gasteiger partial charge in [0.1, 0.15) is 6.61 Å². The Hall–Kier alpha value is -2.22. The van der Waals surface area contributed by atoms with Gasteiger partial charge in [0, 0.05) is 16.8 Å². The van der Waals surface area contributed by atoms with Crippen molar-refractivity contribution in [1.29, 1.82) is 0 Å². The molecule has 0 aliphatic carbocycles. The molecule has 8 heteroatoms. The zero-order valence-electron chi connectivity index (χ0n) is 16.0. The number of halogens is 2. The molecule has 0 atom stereocenters. The largest absolute Gasteiger partial charge is 0.456 e. The molecule has 0 bridgehead atoms. The third kappa shape index (κ3) is 5.04. The summed E-state index contributed by atoms with van der Waals surface area (Å²) in [5.41, 5.74) is 3.50. The molecule has 0 N–H and O–H groups in total. The Morgan fingerprint density at radius 3 is 2.66 bits per heavy atom. The van der Waals surface area contributed by atoms with Crippen LogP contribution in [0.2, 0.25) is 5.02 Å². The van der Waals surface area contributed by atoms with E-state index in [2.05, 4.69) is 20.9 Å². The van der Waals surface area contributed by atoms with Crippen molar-refractivity contribution in [3.05, 3.63) is 73.7 Å². The molecule has 0 aliphatic heterocycles. The number of benzene rings is 2. The highest BCUT2D eigenvalue weighted by Crippen LogP contribution is 2.37. The maximum atomic E-state index is 12.4. The maximum Gasteiger partial charge on any atom is 0.338 e. The molecule has 1 heterocycles. The average Bonchev–Trinajstić information content (AvgIpc) is 3.10. The van der Waals surface area contributed by atoms with E-state index < -0.39 is 5.97 Å². The number of carbonyl (C=O) groups excluding carboxylic acids is 2. The summed E-state index contributed by atoms with van der Waals surface area (Å²) in [4.78, 5) is 30.5. The van der Waals surface area contributed by atoms with Crippen molar-refractivity contribution in [3.8, 4) is 0 Å². The molecule has 3 aromatic rings. The van der Waals surface area contributed by atoms with Gasteiger partial charge in [-0.25, -0.2) is 9.78 Å². The van der Waals surface area contributed by atoms with E-state index in [1.165, 1.54) is 23.2 Å². The van der Waals surface area contributed by atoms with Crippen LogP contribution in [0, 0.1) is 13.8 Å². The molecule has 0 unspecified atom stereocenters. The molecule has 150 valence electrons. The highest BCUT2D eigenvalue weighted by molar-refractivity contribution is 9.10. The number of amides is 1. The van der Waals surface area contributed by atoms with Crippen LogP contribution in [0.1, 0.15) is 34.1 Å². The van der Waals surface area contributed by atoms with Crippen LogP contribution in [0.15, 0.2) is 46.3 Å². The SMILES string of the molecule is CC(=O)N(c1nc(COC(=O)c2cccc(Br)c2)cs1)c1c(C)cc(C)cc1Cl. The predicted octanol–water partition coefficient (Wildman–Crippen LogP) is 6.22. The lowest BCUT2D eigenvalue weighted by Crippen LogP contribution is -2.24. The van der Waals surface area contributed by atoms with E-state index in [1.54, 1.807) is 23.6 Å². The molecule has 1 aromatic heterocycles. The number of ether oxygens (including phenoxy) is 1. The van der Waals surface area contributed by atoms with Crippen molar-refractivity contribution in [1.82, 2.24) is 4.98 Å². The topological polar surface area (TPSA) is 59.5 Å². The lowest BCUT2D eigenvalue weighted by molar-refractivity contribution is -0.115. The predicted molar refractivity (Wildman–Crippen MR) is 119 cm³/mol. The van der Waals surface area contributed by atoms with Crippen molar-refractivity contribution >= 4 is 61.6 Å². The Labute approximate surface area is 186 Å². The summed E-state index contributed by atoms with van der Waals surface area (Å²) in [5, 5.41) is 2.71. The highest BCUT2D eigenvalue weighted by atomic mass is 79.9. The monoisotopic (exact) mass is 492 g/mol. The fourth-order valence-corrected chi connectivity index (χ4v) is 4.54. The van der Waals surface area contributed by atoms with E-state index in [4.69, 9.17) is 16.3 Å². The first-order chi connectivity index (χ1) is 13.8. The minimum absolute atomic E-state index is 0.00814. The number of nitrogens with zero attached hydrogens (tertiary/aromatic N) is 2. The van der Waals surface area contributed by atoms with Crippen LogP contribution in [0.5, 0.6) is 0 Å². The van der Waals surface area contributed by atoms with Crippen LogP contribution in [-0.2, 0) is 16.1 Å². The van der Waals surface area contributed by atoms with Crippen molar-refractivity contribution in [2.24, 2.45) is 0 Å². The molecule has 29 heavy (non-hydrogen) atoms. The van der Waals surface area contributed by atoms with Gasteiger partial charge >= 0.3 is 5.97 Å². The molecule has 0 fully saturated rings. The fraction of sp³-hybridized carbons (Fsp3) is 0.190. The molecular weight excluding hydrogens is 476 g/mol. The Morgan fingerprint density at radius 2 is 2.00 bits per heavy atom. The number of carbonyl (C=O) groups is 2. The minimum Gasteiger partial charge on any atom is -0.456 e. The summed E-state index contributed by atoms with van der Waals surface area (Å²) < 4.78 is 6.14. The number of aryl methyl sites for hydroxylation is 2. The second-order valence-electron chi connectivity index (χ2n) is 6.47. The van der Waals surface area contributed by atoms with Crippen LogP contribution < -0.4 is 4.90 Å². The van der Waals surface area contributed by atoms with Crippen LogP contribution >= 0.6 is 38.9 Å². The summed E-state index contributed by atoms with van der Waals surface area (Å²) in [6.07, 6.45) is 0. The lowest BCUT2D eigenvalue weighted by atomic mass is 10.1. The number of rotatable bonds is 5. The molecule has 0 saturated heterocycles. The number of esters is 1. The van der Waals surface area contributed by atoms with Crippen LogP contribution in [-0.4, -0.2) is 16.9 Å².